The van der Waals surface area contributed by atoms with Crippen LogP contribution in [0.25, 0.3) is 0 Å². The van der Waals surface area contributed by atoms with E-state index >= 15 is 0 Å². The second-order valence-corrected chi connectivity index (χ2v) is 4.41. The van der Waals surface area contributed by atoms with Crippen molar-refractivity contribution in [3.8, 4) is 0 Å². The van der Waals surface area contributed by atoms with Crippen LogP contribution >= 0.6 is 0 Å². The Morgan fingerprint density at radius 1 is 1.39 bits per heavy atom. The first-order valence-electron chi connectivity index (χ1n) is 6.07. The highest BCUT2D eigenvalue weighted by molar-refractivity contribution is 5.14. The zero-order valence-electron chi connectivity index (χ0n) is 10.8. The molecule has 0 aliphatic rings. The summed E-state index contributed by atoms with van der Waals surface area (Å²) < 4.78 is 1.89. The van der Waals surface area contributed by atoms with E-state index in [1.165, 1.54) is 5.69 Å². The third kappa shape index (κ3) is 2.94. The van der Waals surface area contributed by atoms with Crippen LogP contribution in [0.15, 0.2) is 30.5 Å². The van der Waals surface area contributed by atoms with E-state index in [-0.39, 0.29) is 6.04 Å². The molecule has 0 aliphatic carbocycles. The number of hydrazine groups is 1. The maximum Gasteiger partial charge on any atom is 0.0636 e. The van der Waals surface area contributed by atoms with Gasteiger partial charge in [0.1, 0.15) is 0 Å². The van der Waals surface area contributed by atoms with Gasteiger partial charge in [-0.2, -0.15) is 5.10 Å². The van der Waals surface area contributed by atoms with Gasteiger partial charge in [0.05, 0.1) is 11.7 Å². The van der Waals surface area contributed by atoms with Crippen LogP contribution in [0.4, 0.5) is 0 Å². The SMILES string of the molecule is Cc1cccc(C(CCc2ccnn2C)NN)n1. The summed E-state index contributed by atoms with van der Waals surface area (Å²) in [5.41, 5.74) is 6.03. The number of hydrogen-bond donors (Lipinski definition) is 2. The smallest absolute Gasteiger partial charge is 0.0636 e. The monoisotopic (exact) mass is 245 g/mol. The minimum atomic E-state index is 0.0693. The number of aryl methyl sites for hydroxylation is 3. The van der Waals surface area contributed by atoms with E-state index in [0.29, 0.717) is 0 Å². The van der Waals surface area contributed by atoms with E-state index in [0.717, 1.165) is 24.2 Å². The second kappa shape index (κ2) is 5.75. The Bertz CT molecular complexity index is 506. The molecule has 0 aromatic carbocycles. The van der Waals surface area contributed by atoms with Crippen LogP contribution in [0, 0.1) is 6.92 Å². The van der Waals surface area contributed by atoms with Crippen LogP contribution in [0.5, 0.6) is 0 Å². The van der Waals surface area contributed by atoms with E-state index in [2.05, 4.69) is 15.5 Å². The van der Waals surface area contributed by atoms with E-state index in [4.69, 9.17) is 5.84 Å². The maximum atomic E-state index is 5.62. The summed E-state index contributed by atoms with van der Waals surface area (Å²) in [6.45, 7) is 1.98. The lowest BCUT2D eigenvalue weighted by Gasteiger charge is -2.15. The van der Waals surface area contributed by atoms with Crippen molar-refractivity contribution >= 4 is 0 Å². The highest BCUT2D eigenvalue weighted by Gasteiger charge is 2.12. The van der Waals surface area contributed by atoms with Crippen LogP contribution in [-0.4, -0.2) is 14.8 Å². The van der Waals surface area contributed by atoms with Crippen LogP contribution in [-0.2, 0) is 13.5 Å². The number of aromatic nitrogens is 3. The molecule has 2 aromatic rings. The average molecular weight is 245 g/mol. The van der Waals surface area contributed by atoms with Gasteiger partial charge in [-0.3, -0.25) is 20.9 Å². The van der Waals surface area contributed by atoms with Gasteiger partial charge in [0.25, 0.3) is 0 Å². The Kier molecular flexibility index (Phi) is 4.07. The summed E-state index contributed by atoms with van der Waals surface area (Å²) in [4.78, 5) is 4.50. The fourth-order valence-electron chi connectivity index (χ4n) is 2.01. The summed E-state index contributed by atoms with van der Waals surface area (Å²) in [7, 11) is 1.95. The van der Waals surface area contributed by atoms with Gasteiger partial charge in [-0.25, -0.2) is 0 Å². The molecule has 0 saturated heterocycles. The first-order chi connectivity index (χ1) is 8.70. The lowest BCUT2D eigenvalue weighted by molar-refractivity contribution is 0.495. The lowest BCUT2D eigenvalue weighted by Crippen LogP contribution is -2.29. The largest absolute Gasteiger partial charge is 0.273 e. The molecule has 2 heterocycles. The topological polar surface area (TPSA) is 68.8 Å². The molecule has 0 fully saturated rings. The third-order valence-electron chi connectivity index (χ3n) is 3.08. The second-order valence-electron chi connectivity index (χ2n) is 4.41. The van der Waals surface area contributed by atoms with Gasteiger partial charge in [-0.1, -0.05) is 6.07 Å². The first-order valence-corrected chi connectivity index (χ1v) is 6.07. The van der Waals surface area contributed by atoms with Gasteiger partial charge in [-0.15, -0.1) is 0 Å². The normalized spacial score (nSPS) is 12.6. The quantitative estimate of drug-likeness (QED) is 0.614. The molecule has 0 spiro atoms. The number of pyridine rings is 1. The van der Waals surface area contributed by atoms with E-state index in [1.54, 1.807) is 0 Å². The van der Waals surface area contributed by atoms with Gasteiger partial charge < -0.3 is 0 Å². The molecule has 0 bridgehead atoms. The molecule has 5 heteroatoms. The summed E-state index contributed by atoms with van der Waals surface area (Å²) in [6.07, 6.45) is 3.62. The molecule has 0 aliphatic heterocycles. The Morgan fingerprint density at radius 2 is 2.22 bits per heavy atom. The molecule has 1 atom stereocenters. The molecule has 1 unspecified atom stereocenters. The van der Waals surface area contributed by atoms with E-state index in [1.807, 2.05) is 49.1 Å². The van der Waals surface area contributed by atoms with Crippen LogP contribution < -0.4 is 11.3 Å². The van der Waals surface area contributed by atoms with Crippen molar-refractivity contribution < 1.29 is 0 Å². The van der Waals surface area contributed by atoms with E-state index in [9.17, 15) is 0 Å². The summed E-state index contributed by atoms with van der Waals surface area (Å²) in [6, 6.07) is 8.09. The number of nitrogens with one attached hydrogen (secondary N) is 1. The Morgan fingerprint density at radius 3 is 2.83 bits per heavy atom. The fourth-order valence-corrected chi connectivity index (χ4v) is 2.01. The van der Waals surface area contributed by atoms with Gasteiger partial charge in [0.15, 0.2) is 0 Å². The standard InChI is InChI=1S/C13H19N5/c1-10-4-3-5-12(16-10)13(17-14)7-6-11-8-9-15-18(11)2/h3-5,8-9,13,17H,6-7,14H2,1-2H3. The third-order valence-corrected chi connectivity index (χ3v) is 3.08. The Balaban J connectivity index is 2.04. The average Bonchev–Trinajstić information content (AvgIpc) is 2.76. The maximum absolute atomic E-state index is 5.62. The molecular formula is C13H19N5. The van der Waals surface area contributed by atoms with Gasteiger partial charge in [0.2, 0.25) is 0 Å². The Hall–Kier alpha value is -1.72. The zero-order chi connectivity index (χ0) is 13.0. The molecule has 0 amide bonds. The van der Waals surface area contributed by atoms with E-state index < -0.39 is 0 Å². The predicted molar refractivity (Wildman–Crippen MR) is 70.6 cm³/mol. The summed E-state index contributed by atoms with van der Waals surface area (Å²) in [5, 5.41) is 4.16. The van der Waals surface area contributed by atoms with Crippen molar-refractivity contribution in [2.75, 3.05) is 0 Å². The molecule has 3 N–H and O–H groups in total. The molecule has 0 radical (unpaired) electrons. The van der Waals surface area contributed by atoms with Crippen LogP contribution in [0.2, 0.25) is 0 Å². The molecule has 0 saturated carbocycles. The van der Waals surface area contributed by atoms with Crippen molar-refractivity contribution in [3.05, 3.63) is 47.5 Å². The van der Waals surface area contributed by atoms with Crippen molar-refractivity contribution in [1.82, 2.24) is 20.2 Å². The summed E-state index contributed by atoms with van der Waals surface area (Å²) >= 11 is 0. The van der Waals surface area contributed by atoms with Crippen molar-refractivity contribution in [1.29, 1.82) is 0 Å². The van der Waals surface area contributed by atoms with Crippen molar-refractivity contribution in [2.24, 2.45) is 12.9 Å². The molecular weight excluding hydrogens is 226 g/mol. The minimum Gasteiger partial charge on any atom is -0.273 e. The molecule has 2 rings (SSSR count). The summed E-state index contributed by atoms with van der Waals surface area (Å²) in [5.74, 6) is 5.62. The molecule has 5 nitrogen and oxygen atoms in total. The van der Waals surface area contributed by atoms with Gasteiger partial charge in [-0.05, 0) is 38.0 Å². The van der Waals surface area contributed by atoms with Gasteiger partial charge >= 0.3 is 0 Å². The zero-order valence-corrected chi connectivity index (χ0v) is 10.8. The fraction of sp³-hybridized carbons (Fsp3) is 0.385. The molecule has 96 valence electrons. The van der Waals surface area contributed by atoms with Crippen molar-refractivity contribution in [2.45, 2.75) is 25.8 Å². The van der Waals surface area contributed by atoms with Crippen LogP contribution in [0.3, 0.4) is 0 Å². The number of nitrogens with zero attached hydrogens (tertiary/aromatic N) is 3. The Labute approximate surface area is 107 Å². The molecule has 2 aromatic heterocycles. The number of hydrogen-bond acceptors (Lipinski definition) is 4. The van der Waals surface area contributed by atoms with Gasteiger partial charge in [0, 0.05) is 24.6 Å². The van der Waals surface area contributed by atoms with Crippen LogP contribution in [0.1, 0.15) is 29.5 Å². The predicted octanol–water partition coefficient (Wildman–Crippen LogP) is 1.26. The minimum absolute atomic E-state index is 0.0693. The highest BCUT2D eigenvalue weighted by atomic mass is 15.3. The number of rotatable bonds is 5. The number of nitrogens with two attached hydrogens (primary N) is 1. The van der Waals surface area contributed by atoms with Crippen molar-refractivity contribution in [3.63, 3.8) is 0 Å². The highest BCUT2D eigenvalue weighted by Crippen LogP contribution is 2.16. The first kappa shape index (κ1) is 12.7. The molecule has 18 heavy (non-hydrogen) atoms. The lowest BCUT2D eigenvalue weighted by atomic mass is 10.1.